The van der Waals surface area contributed by atoms with E-state index in [2.05, 4.69) is 30.2 Å². The van der Waals surface area contributed by atoms with Gasteiger partial charge in [0.15, 0.2) is 0 Å². The van der Waals surface area contributed by atoms with Crippen molar-refractivity contribution in [1.82, 2.24) is 14.9 Å². The van der Waals surface area contributed by atoms with E-state index in [-0.39, 0.29) is 18.0 Å². The Morgan fingerprint density at radius 2 is 2.07 bits per heavy atom. The number of benzene rings is 1. The standard InChI is InChI=1S/C22H26ClN3O/c1-14(2)13-19(26-11-3-4-12-26)22(27)24-18-10-6-8-16-15-7-5-9-17(23)20(15)25-21(16)18/h3-5,7,9,11-12,14,18-19,25H,6,8,10,13H2,1-2H3,(H,24,27)/t18-,19+/m1/s1. The van der Waals surface area contributed by atoms with Gasteiger partial charge in [-0.1, -0.05) is 37.6 Å². The molecule has 27 heavy (non-hydrogen) atoms. The molecule has 0 saturated carbocycles. The maximum atomic E-state index is 13.2. The fourth-order valence-electron chi connectivity index (χ4n) is 4.23. The van der Waals surface area contributed by atoms with E-state index in [9.17, 15) is 4.79 Å². The Hall–Kier alpha value is -2.20. The summed E-state index contributed by atoms with van der Waals surface area (Å²) in [6, 6.07) is 9.78. The minimum Gasteiger partial charge on any atom is -0.355 e. The molecular formula is C22H26ClN3O. The van der Waals surface area contributed by atoms with Crippen LogP contribution in [0.2, 0.25) is 5.02 Å². The van der Waals surface area contributed by atoms with Crippen molar-refractivity contribution < 1.29 is 4.79 Å². The first kappa shape index (κ1) is 18.2. The lowest BCUT2D eigenvalue weighted by molar-refractivity contribution is -0.125. The minimum atomic E-state index is -0.182. The van der Waals surface area contributed by atoms with E-state index in [4.69, 9.17) is 11.6 Å². The summed E-state index contributed by atoms with van der Waals surface area (Å²) in [7, 11) is 0. The van der Waals surface area contributed by atoms with E-state index >= 15 is 0 Å². The Bertz CT molecular complexity index is 942. The highest BCUT2D eigenvalue weighted by Crippen LogP contribution is 2.37. The van der Waals surface area contributed by atoms with Crippen LogP contribution < -0.4 is 5.32 Å². The van der Waals surface area contributed by atoms with Crippen LogP contribution in [0.1, 0.15) is 56.5 Å². The summed E-state index contributed by atoms with van der Waals surface area (Å²) in [6.45, 7) is 4.31. The summed E-state index contributed by atoms with van der Waals surface area (Å²) < 4.78 is 2.02. The lowest BCUT2D eigenvalue weighted by Crippen LogP contribution is -2.37. The van der Waals surface area contributed by atoms with Gasteiger partial charge in [-0.25, -0.2) is 0 Å². The number of amides is 1. The van der Waals surface area contributed by atoms with Gasteiger partial charge in [-0.2, -0.15) is 0 Å². The quantitative estimate of drug-likeness (QED) is 0.608. The predicted octanol–water partition coefficient (Wildman–Crippen LogP) is 5.40. The zero-order valence-corrected chi connectivity index (χ0v) is 16.6. The molecule has 1 aliphatic rings. The lowest BCUT2D eigenvalue weighted by Gasteiger charge is -2.27. The van der Waals surface area contributed by atoms with Crippen LogP contribution >= 0.6 is 11.6 Å². The number of hydrogen-bond acceptors (Lipinski definition) is 1. The lowest BCUT2D eigenvalue weighted by atomic mass is 9.91. The fraction of sp³-hybridized carbons (Fsp3) is 0.409. The van der Waals surface area contributed by atoms with Crippen molar-refractivity contribution in [2.45, 2.75) is 51.6 Å². The van der Waals surface area contributed by atoms with Gasteiger partial charge in [-0.15, -0.1) is 0 Å². The fourth-order valence-corrected chi connectivity index (χ4v) is 4.45. The normalized spacial score (nSPS) is 17.9. The summed E-state index contributed by atoms with van der Waals surface area (Å²) in [5.41, 5.74) is 3.40. The van der Waals surface area contributed by atoms with Gasteiger partial charge >= 0.3 is 0 Å². The number of fused-ring (bicyclic) bond motifs is 3. The van der Waals surface area contributed by atoms with E-state index in [0.29, 0.717) is 5.92 Å². The first-order valence-corrected chi connectivity index (χ1v) is 10.1. The van der Waals surface area contributed by atoms with Gasteiger partial charge in [0.2, 0.25) is 5.91 Å². The number of hydrogen-bond donors (Lipinski definition) is 2. The van der Waals surface area contributed by atoms with Gasteiger partial charge in [-0.05, 0) is 55.4 Å². The van der Waals surface area contributed by atoms with E-state index in [0.717, 1.165) is 41.9 Å². The van der Waals surface area contributed by atoms with Gasteiger partial charge in [0.25, 0.3) is 0 Å². The molecule has 5 heteroatoms. The monoisotopic (exact) mass is 383 g/mol. The zero-order chi connectivity index (χ0) is 19.0. The third-order valence-corrected chi connectivity index (χ3v) is 5.81. The van der Waals surface area contributed by atoms with Gasteiger partial charge < -0.3 is 14.9 Å². The third-order valence-electron chi connectivity index (χ3n) is 5.49. The van der Waals surface area contributed by atoms with E-state index in [1.54, 1.807) is 0 Å². The van der Waals surface area contributed by atoms with Crippen LogP contribution in [-0.2, 0) is 11.2 Å². The second-order valence-corrected chi connectivity index (χ2v) is 8.32. The second kappa shape index (κ2) is 7.43. The number of nitrogens with one attached hydrogen (secondary N) is 2. The topological polar surface area (TPSA) is 49.8 Å². The molecular weight excluding hydrogens is 358 g/mol. The smallest absolute Gasteiger partial charge is 0.243 e. The van der Waals surface area contributed by atoms with Crippen LogP contribution in [0.4, 0.5) is 0 Å². The van der Waals surface area contributed by atoms with Crippen molar-refractivity contribution in [1.29, 1.82) is 0 Å². The number of rotatable bonds is 5. The van der Waals surface area contributed by atoms with Crippen molar-refractivity contribution in [3.05, 3.63) is 59.0 Å². The van der Waals surface area contributed by atoms with Crippen molar-refractivity contribution >= 4 is 28.4 Å². The molecule has 3 aromatic rings. The number of nitrogens with zero attached hydrogens (tertiary/aromatic N) is 1. The highest BCUT2D eigenvalue weighted by Gasteiger charge is 2.29. The third kappa shape index (κ3) is 3.51. The highest BCUT2D eigenvalue weighted by atomic mass is 35.5. The Morgan fingerprint density at radius 1 is 1.30 bits per heavy atom. The molecule has 1 aromatic carbocycles. The van der Waals surface area contributed by atoms with Crippen molar-refractivity contribution in [3.63, 3.8) is 0 Å². The number of halogens is 1. The first-order chi connectivity index (χ1) is 13.0. The van der Waals surface area contributed by atoms with Crippen LogP contribution in [0.25, 0.3) is 10.9 Å². The molecule has 0 saturated heterocycles. The average Bonchev–Trinajstić information content (AvgIpc) is 3.28. The predicted molar refractivity (Wildman–Crippen MR) is 110 cm³/mol. The summed E-state index contributed by atoms with van der Waals surface area (Å²) in [6.07, 6.45) is 7.80. The molecule has 1 aliphatic carbocycles. The van der Waals surface area contributed by atoms with Gasteiger partial charge in [0.05, 0.1) is 16.6 Å². The molecule has 2 N–H and O–H groups in total. The van der Waals surface area contributed by atoms with Gasteiger partial charge in [0.1, 0.15) is 6.04 Å². The van der Waals surface area contributed by atoms with Crippen LogP contribution in [0, 0.1) is 5.92 Å². The molecule has 0 spiro atoms. The van der Waals surface area contributed by atoms with Crippen molar-refractivity contribution in [2.75, 3.05) is 0 Å². The summed E-state index contributed by atoms with van der Waals surface area (Å²) >= 11 is 6.38. The number of aromatic amines is 1. The summed E-state index contributed by atoms with van der Waals surface area (Å²) in [4.78, 5) is 16.7. The molecule has 0 bridgehead atoms. The largest absolute Gasteiger partial charge is 0.355 e. The number of carbonyl (C=O) groups is 1. The Labute approximate surface area is 164 Å². The number of para-hydroxylation sites is 1. The molecule has 4 rings (SSSR count). The van der Waals surface area contributed by atoms with E-state index in [1.807, 2.05) is 41.2 Å². The number of aromatic nitrogens is 2. The maximum Gasteiger partial charge on any atom is 0.243 e. The second-order valence-electron chi connectivity index (χ2n) is 7.91. The Balaban J connectivity index is 1.62. The van der Waals surface area contributed by atoms with Crippen LogP contribution in [0.3, 0.4) is 0 Å². The maximum absolute atomic E-state index is 13.2. The van der Waals surface area contributed by atoms with Crippen LogP contribution in [0.15, 0.2) is 42.7 Å². The molecule has 4 nitrogen and oxygen atoms in total. The first-order valence-electron chi connectivity index (χ1n) is 9.76. The van der Waals surface area contributed by atoms with Gasteiger partial charge in [0, 0.05) is 23.5 Å². The molecule has 2 aromatic heterocycles. The Morgan fingerprint density at radius 3 is 2.81 bits per heavy atom. The summed E-state index contributed by atoms with van der Waals surface area (Å²) in [5.74, 6) is 0.527. The average molecular weight is 384 g/mol. The Kier molecular flexibility index (Phi) is 5.00. The molecule has 0 fully saturated rings. The van der Waals surface area contributed by atoms with Crippen LogP contribution in [-0.4, -0.2) is 15.5 Å². The molecule has 0 aliphatic heterocycles. The minimum absolute atomic E-state index is 0.00920. The SMILES string of the molecule is CC(C)C[C@@H](C(=O)N[C@@H]1CCCc2c1[nH]c1c(Cl)cccc21)n1cccc1. The molecule has 142 valence electrons. The number of H-pyrrole nitrogens is 1. The number of aryl methyl sites for hydroxylation is 1. The highest BCUT2D eigenvalue weighted by molar-refractivity contribution is 6.35. The number of carbonyl (C=O) groups excluding carboxylic acids is 1. The van der Waals surface area contributed by atoms with E-state index in [1.165, 1.54) is 10.9 Å². The molecule has 2 atom stereocenters. The van der Waals surface area contributed by atoms with E-state index < -0.39 is 0 Å². The molecule has 0 radical (unpaired) electrons. The van der Waals surface area contributed by atoms with Crippen molar-refractivity contribution in [2.24, 2.45) is 5.92 Å². The molecule has 0 unspecified atom stereocenters. The van der Waals surface area contributed by atoms with Crippen molar-refractivity contribution in [3.8, 4) is 0 Å². The van der Waals surface area contributed by atoms with Gasteiger partial charge in [-0.3, -0.25) is 4.79 Å². The zero-order valence-electron chi connectivity index (χ0n) is 15.8. The molecule has 1 amide bonds. The summed E-state index contributed by atoms with van der Waals surface area (Å²) in [5, 5.41) is 5.23. The molecule has 2 heterocycles. The van der Waals surface area contributed by atoms with Crippen LogP contribution in [0.5, 0.6) is 0 Å².